The quantitative estimate of drug-likeness (QED) is 0.655. The van der Waals surface area contributed by atoms with Gasteiger partial charge in [0.2, 0.25) is 11.8 Å². The summed E-state index contributed by atoms with van der Waals surface area (Å²) in [5, 5.41) is 5.44. The predicted molar refractivity (Wildman–Crippen MR) is 118 cm³/mol. The molecule has 2 saturated heterocycles. The topological polar surface area (TPSA) is 119 Å². The van der Waals surface area contributed by atoms with Gasteiger partial charge in [0, 0.05) is 45.7 Å². The van der Waals surface area contributed by atoms with E-state index in [1.807, 2.05) is 0 Å². The number of carbonyl (C=O) groups is 3. The molecule has 4 rings (SSSR count). The first-order valence-corrected chi connectivity index (χ1v) is 12.5. The molecule has 0 saturated carbocycles. The summed E-state index contributed by atoms with van der Waals surface area (Å²) in [7, 11) is -3.48. The van der Waals surface area contributed by atoms with E-state index in [1.165, 1.54) is 8.61 Å². The molecule has 2 fully saturated rings. The van der Waals surface area contributed by atoms with Crippen molar-refractivity contribution in [2.45, 2.75) is 38.1 Å². The predicted octanol–water partition coefficient (Wildman–Crippen LogP) is 0.392. The highest BCUT2D eigenvalue weighted by Gasteiger charge is 2.34. The van der Waals surface area contributed by atoms with E-state index in [9.17, 15) is 22.8 Å². The molecule has 2 N–H and O–H groups in total. The Morgan fingerprint density at radius 3 is 2.41 bits per heavy atom. The summed E-state index contributed by atoms with van der Waals surface area (Å²) in [4.78, 5) is 39.4. The van der Waals surface area contributed by atoms with Gasteiger partial charge in [-0.15, -0.1) is 0 Å². The maximum atomic E-state index is 12.8. The van der Waals surface area contributed by atoms with Crippen LogP contribution in [0, 0.1) is 0 Å². The molecule has 0 aliphatic carbocycles. The van der Waals surface area contributed by atoms with Gasteiger partial charge in [0.15, 0.2) is 0 Å². The third kappa shape index (κ3) is 4.79. The van der Waals surface area contributed by atoms with Gasteiger partial charge in [0.25, 0.3) is 16.1 Å². The summed E-state index contributed by atoms with van der Waals surface area (Å²) < 4.78 is 28.6. The molecule has 1 atom stereocenters. The van der Waals surface area contributed by atoms with Gasteiger partial charge in [-0.1, -0.05) is 12.1 Å². The average molecular weight is 464 g/mol. The lowest BCUT2D eigenvalue weighted by molar-refractivity contribution is -0.131. The van der Waals surface area contributed by atoms with Crippen LogP contribution in [0.25, 0.3) is 0 Å². The molecular formula is C21H29N5O5S. The number of anilines is 1. The average Bonchev–Trinajstić information content (AvgIpc) is 3.17. The molecule has 1 unspecified atom stereocenters. The van der Waals surface area contributed by atoms with Crippen LogP contribution in [0.5, 0.6) is 0 Å². The summed E-state index contributed by atoms with van der Waals surface area (Å²) in [5.41, 5.74) is 0.845. The maximum absolute atomic E-state index is 12.8. The van der Waals surface area contributed by atoms with Crippen molar-refractivity contribution in [2.24, 2.45) is 0 Å². The SMILES string of the molecule is O=C1NC(CCC(=O)N2CCCN(S(=O)(=O)N3CCCC3)CC2)C(=O)Nc2ccccc21. The molecule has 0 spiro atoms. The van der Waals surface area contributed by atoms with E-state index in [2.05, 4.69) is 10.6 Å². The Kier molecular flexibility index (Phi) is 6.77. The fourth-order valence-corrected chi connectivity index (χ4v) is 6.12. The highest BCUT2D eigenvalue weighted by atomic mass is 32.2. The van der Waals surface area contributed by atoms with E-state index in [0.717, 1.165) is 12.8 Å². The van der Waals surface area contributed by atoms with Crippen LogP contribution in [0.1, 0.15) is 42.5 Å². The Morgan fingerprint density at radius 2 is 1.62 bits per heavy atom. The van der Waals surface area contributed by atoms with Crippen molar-refractivity contribution >= 4 is 33.6 Å². The lowest BCUT2D eigenvalue weighted by atomic mass is 10.1. The van der Waals surface area contributed by atoms with E-state index in [0.29, 0.717) is 50.4 Å². The summed E-state index contributed by atoms with van der Waals surface area (Å²) in [6.45, 7) is 2.56. The molecule has 0 aromatic heterocycles. The Labute approximate surface area is 188 Å². The van der Waals surface area contributed by atoms with E-state index in [1.54, 1.807) is 29.2 Å². The second-order valence-electron chi connectivity index (χ2n) is 8.35. The first kappa shape index (κ1) is 22.7. The summed E-state index contributed by atoms with van der Waals surface area (Å²) in [5.74, 6) is -0.849. The van der Waals surface area contributed by atoms with Gasteiger partial charge in [-0.05, 0) is 37.8 Å². The molecule has 11 heteroatoms. The van der Waals surface area contributed by atoms with Crippen LogP contribution in [0.3, 0.4) is 0 Å². The number of benzene rings is 1. The Morgan fingerprint density at radius 1 is 0.938 bits per heavy atom. The monoisotopic (exact) mass is 463 g/mol. The van der Waals surface area contributed by atoms with Gasteiger partial charge < -0.3 is 15.5 Å². The molecule has 0 radical (unpaired) electrons. The Bertz CT molecular complexity index is 992. The highest BCUT2D eigenvalue weighted by Crippen LogP contribution is 2.21. The van der Waals surface area contributed by atoms with Gasteiger partial charge in [-0.3, -0.25) is 14.4 Å². The molecule has 1 aromatic rings. The number of nitrogens with one attached hydrogen (secondary N) is 2. The number of hydrogen-bond acceptors (Lipinski definition) is 5. The third-order valence-electron chi connectivity index (χ3n) is 6.22. The number of nitrogens with zero attached hydrogens (tertiary/aromatic N) is 3. The van der Waals surface area contributed by atoms with E-state index < -0.39 is 16.3 Å². The third-order valence-corrected chi connectivity index (χ3v) is 8.26. The number of carbonyl (C=O) groups excluding carboxylic acids is 3. The van der Waals surface area contributed by atoms with Gasteiger partial charge in [0.1, 0.15) is 6.04 Å². The molecule has 10 nitrogen and oxygen atoms in total. The highest BCUT2D eigenvalue weighted by molar-refractivity contribution is 7.86. The molecular weight excluding hydrogens is 434 g/mol. The van der Waals surface area contributed by atoms with Crippen molar-refractivity contribution < 1.29 is 22.8 Å². The van der Waals surface area contributed by atoms with Gasteiger partial charge in [-0.2, -0.15) is 17.0 Å². The minimum atomic E-state index is -3.48. The molecule has 3 aliphatic heterocycles. The normalized spacial score (nSPS) is 23.1. The van der Waals surface area contributed by atoms with Crippen molar-refractivity contribution in [1.29, 1.82) is 0 Å². The van der Waals surface area contributed by atoms with E-state index in [-0.39, 0.29) is 37.1 Å². The van der Waals surface area contributed by atoms with Crippen LogP contribution in [0.2, 0.25) is 0 Å². The number of amides is 3. The molecule has 1 aromatic carbocycles. The fourth-order valence-electron chi connectivity index (χ4n) is 4.40. The molecule has 174 valence electrons. The summed E-state index contributed by atoms with van der Waals surface area (Å²) >= 11 is 0. The van der Waals surface area contributed by atoms with Crippen molar-refractivity contribution in [3.63, 3.8) is 0 Å². The minimum Gasteiger partial charge on any atom is -0.341 e. The molecule has 3 heterocycles. The molecule has 0 bridgehead atoms. The minimum absolute atomic E-state index is 0.0909. The van der Waals surface area contributed by atoms with E-state index >= 15 is 0 Å². The number of rotatable bonds is 5. The second-order valence-corrected chi connectivity index (χ2v) is 10.3. The second kappa shape index (κ2) is 9.55. The maximum Gasteiger partial charge on any atom is 0.282 e. The van der Waals surface area contributed by atoms with Gasteiger partial charge in [-0.25, -0.2) is 0 Å². The van der Waals surface area contributed by atoms with Crippen LogP contribution < -0.4 is 10.6 Å². The summed E-state index contributed by atoms with van der Waals surface area (Å²) in [6.07, 6.45) is 2.60. The number of para-hydroxylation sites is 1. The first-order valence-electron chi connectivity index (χ1n) is 11.1. The lowest BCUT2D eigenvalue weighted by Crippen LogP contribution is -2.44. The molecule has 3 amide bonds. The Hall–Kier alpha value is -2.50. The molecule has 3 aliphatic rings. The largest absolute Gasteiger partial charge is 0.341 e. The lowest BCUT2D eigenvalue weighted by Gasteiger charge is -2.26. The smallest absolute Gasteiger partial charge is 0.282 e. The van der Waals surface area contributed by atoms with Crippen LogP contribution in [-0.2, 0) is 19.8 Å². The van der Waals surface area contributed by atoms with Crippen LogP contribution >= 0.6 is 0 Å². The van der Waals surface area contributed by atoms with Crippen molar-refractivity contribution in [1.82, 2.24) is 18.8 Å². The van der Waals surface area contributed by atoms with Crippen LogP contribution in [0.4, 0.5) is 5.69 Å². The summed E-state index contributed by atoms with van der Waals surface area (Å²) in [6, 6.07) is 5.96. The van der Waals surface area contributed by atoms with Crippen LogP contribution in [0.15, 0.2) is 24.3 Å². The van der Waals surface area contributed by atoms with Crippen molar-refractivity contribution in [3.8, 4) is 0 Å². The van der Waals surface area contributed by atoms with Crippen LogP contribution in [-0.4, -0.2) is 85.0 Å². The Balaban J connectivity index is 1.32. The zero-order chi connectivity index (χ0) is 22.7. The standard InChI is InChI=1S/C21H29N5O5S/c27-19(9-8-18-21(29)22-17-7-2-1-6-16(17)20(28)23-18)24-10-5-13-26(15-14-24)32(30,31)25-11-3-4-12-25/h1-2,6-7,18H,3-5,8-15H2,(H,22,29)(H,23,28). The van der Waals surface area contributed by atoms with Crippen molar-refractivity contribution in [3.05, 3.63) is 29.8 Å². The van der Waals surface area contributed by atoms with Gasteiger partial charge >= 0.3 is 0 Å². The zero-order valence-electron chi connectivity index (χ0n) is 18.0. The number of hydrogen-bond donors (Lipinski definition) is 2. The first-order chi connectivity index (χ1) is 15.4. The van der Waals surface area contributed by atoms with Crippen molar-refractivity contribution in [2.75, 3.05) is 44.6 Å². The van der Waals surface area contributed by atoms with Gasteiger partial charge in [0.05, 0.1) is 11.3 Å². The zero-order valence-corrected chi connectivity index (χ0v) is 18.8. The molecule has 32 heavy (non-hydrogen) atoms. The fraction of sp³-hybridized carbons (Fsp3) is 0.571. The van der Waals surface area contributed by atoms with E-state index in [4.69, 9.17) is 0 Å². The number of fused-ring (bicyclic) bond motifs is 1.